The lowest BCUT2D eigenvalue weighted by Gasteiger charge is -2.30. The lowest BCUT2D eigenvalue weighted by molar-refractivity contribution is -0.149. The van der Waals surface area contributed by atoms with Crippen molar-refractivity contribution >= 4 is 16.9 Å². The summed E-state index contributed by atoms with van der Waals surface area (Å²) in [6.45, 7) is 4.39. The van der Waals surface area contributed by atoms with Crippen LogP contribution in [0.4, 0.5) is 0 Å². The number of hydrogen-bond acceptors (Lipinski definition) is 5. The zero-order valence-electron chi connectivity index (χ0n) is 13.3. The second-order valence-corrected chi connectivity index (χ2v) is 5.89. The SMILES string of the molecule is CCOC(=O)C1CCN(Cc2coc3ccccc3c2=O)CC1. The van der Waals surface area contributed by atoms with Crippen molar-refractivity contribution in [3.8, 4) is 0 Å². The largest absolute Gasteiger partial charge is 0.466 e. The number of hydrogen-bond donors (Lipinski definition) is 0. The third kappa shape index (κ3) is 3.45. The predicted molar refractivity (Wildman–Crippen MR) is 87.1 cm³/mol. The smallest absolute Gasteiger partial charge is 0.309 e. The molecule has 1 aromatic heterocycles. The van der Waals surface area contributed by atoms with Crippen molar-refractivity contribution in [3.05, 3.63) is 46.3 Å². The van der Waals surface area contributed by atoms with E-state index in [4.69, 9.17) is 9.15 Å². The number of nitrogens with zero attached hydrogens (tertiary/aromatic N) is 1. The van der Waals surface area contributed by atoms with Gasteiger partial charge in [0.05, 0.1) is 24.2 Å². The van der Waals surface area contributed by atoms with Gasteiger partial charge < -0.3 is 9.15 Å². The number of carbonyl (C=O) groups excluding carboxylic acids is 1. The summed E-state index contributed by atoms with van der Waals surface area (Å²) in [6.07, 6.45) is 3.11. The third-order valence-corrected chi connectivity index (χ3v) is 4.35. The highest BCUT2D eigenvalue weighted by molar-refractivity contribution is 5.76. The summed E-state index contributed by atoms with van der Waals surface area (Å²) >= 11 is 0. The highest BCUT2D eigenvalue weighted by atomic mass is 16.5. The van der Waals surface area contributed by atoms with Crippen molar-refractivity contribution in [2.75, 3.05) is 19.7 Å². The monoisotopic (exact) mass is 315 g/mol. The second-order valence-electron chi connectivity index (χ2n) is 5.89. The van der Waals surface area contributed by atoms with E-state index in [1.807, 2.05) is 19.1 Å². The van der Waals surface area contributed by atoms with Crippen LogP contribution in [0.3, 0.4) is 0 Å². The number of carbonyl (C=O) groups is 1. The first kappa shape index (κ1) is 15.7. The maximum Gasteiger partial charge on any atom is 0.309 e. The molecular weight excluding hydrogens is 294 g/mol. The number of piperidine rings is 1. The maximum atomic E-state index is 12.5. The Morgan fingerprint density at radius 2 is 2.04 bits per heavy atom. The Bertz CT molecular complexity index is 744. The van der Waals surface area contributed by atoms with Gasteiger partial charge in [0.2, 0.25) is 0 Å². The fourth-order valence-electron chi connectivity index (χ4n) is 3.05. The maximum absolute atomic E-state index is 12.5. The van der Waals surface area contributed by atoms with Crippen molar-refractivity contribution in [3.63, 3.8) is 0 Å². The van der Waals surface area contributed by atoms with Crippen molar-refractivity contribution < 1.29 is 13.9 Å². The predicted octanol–water partition coefficient (Wildman–Crippen LogP) is 2.57. The fraction of sp³-hybridized carbons (Fsp3) is 0.444. The van der Waals surface area contributed by atoms with Crippen LogP contribution >= 0.6 is 0 Å². The molecule has 0 saturated carbocycles. The zero-order chi connectivity index (χ0) is 16.2. The van der Waals surface area contributed by atoms with Crippen molar-refractivity contribution in [2.24, 2.45) is 5.92 Å². The van der Waals surface area contributed by atoms with E-state index >= 15 is 0 Å². The van der Waals surface area contributed by atoms with Crippen LogP contribution < -0.4 is 5.43 Å². The summed E-state index contributed by atoms with van der Waals surface area (Å²) in [7, 11) is 0. The van der Waals surface area contributed by atoms with E-state index in [2.05, 4.69) is 4.90 Å². The Morgan fingerprint density at radius 1 is 1.30 bits per heavy atom. The minimum absolute atomic E-state index is 0.0146. The molecule has 1 saturated heterocycles. The molecule has 0 bridgehead atoms. The van der Waals surface area contributed by atoms with Gasteiger partial charge in [-0.15, -0.1) is 0 Å². The molecule has 0 unspecified atom stereocenters. The van der Waals surface area contributed by atoms with Crippen LogP contribution in [0.1, 0.15) is 25.3 Å². The molecule has 0 atom stereocenters. The Balaban J connectivity index is 1.66. The number of ether oxygens (including phenoxy) is 1. The number of likely N-dealkylation sites (tertiary alicyclic amines) is 1. The van der Waals surface area contributed by atoms with Gasteiger partial charge in [0.25, 0.3) is 0 Å². The molecule has 0 spiro atoms. The van der Waals surface area contributed by atoms with Crippen LogP contribution in [-0.4, -0.2) is 30.6 Å². The zero-order valence-corrected chi connectivity index (χ0v) is 13.3. The van der Waals surface area contributed by atoms with Gasteiger partial charge >= 0.3 is 5.97 Å². The normalized spacial score (nSPS) is 16.6. The molecule has 5 nitrogen and oxygen atoms in total. The highest BCUT2D eigenvalue weighted by Gasteiger charge is 2.26. The van der Waals surface area contributed by atoms with Crippen molar-refractivity contribution in [2.45, 2.75) is 26.3 Å². The van der Waals surface area contributed by atoms with Crippen molar-refractivity contribution in [1.29, 1.82) is 0 Å². The molecule has 122 valence electrons. The first-order valence-corrected chi connectivity index (χ1v) is 8.07. The quantitative estimate of drug-likeness (QED) is 0.812. The van der Waals surface area contributed by atoms with Crippen LogP contribution in [0.15, 0.2) is 39.7 Å². The first-order valence-electron chi connectivity index (χ1n) is 8.07. The molecule has 0 radical (unpaired) electrons. The molecule has 2 heterocycles. The lowest BCUT2D eigenvalue weighted by atomic mass is 9.96. The third-order valence-electron chi connectivity index (χ3n) is 4.35. The summed E-state index contributed by atoms with van der Waals surface area (Å²) in [5.74, 6) is -0.114. The summed E-state index contributed by atoms with van der Waals surface area (Å²) in [6, 6.07) is 7.28. The molecule has 1 aliphatic heterocycles. The van der Waals surface area contributed by atoms with E-state index in [-0.39, 0.29) is 17.3 Å². The molecule has 0 aliphatic carbocycles. The molecule has 1 aromatic carbocycles. The number of esters is 1. The van der Waals surface area contributed by atoms with E-state index in [0.29, 0.717) is 29.7 Å². The van der Waals surface area contributed by atoms with Gasteiger partial charge in [-0.1, -0.05) is 12.1 Å². The van der Waals surface area contributed by atoms with Gasteiger partial charge in [-0.25, -0.2) is 0 Å². The molecule has 0 amide bonds. The van der Waals surface area contributed by atoms with Gasteiger partial charge in [-0.2, -0.15) is 0 Å². The summed E-state index contributed by atoms with van der Waals surface area (Å²) in [5, 5.41) is 0.617. The minimum Gasteiger partial charge on any atom is -0.466 e. The van der Waals surface area contributed by atoms with Crippen LogP contribution in [0.5, 0.6) is 0 Å². The van der Waals surface area contributed by atoms with E-state index in [1.165, 1.54) is 0 Å². The Kier molecular flexibility index (Phi) is 4.76. The van der Waals surface area contributed by atoms with E-state index in [9.17, 15) is 9.59 Å². The van der Waals surface area contributed by atoms with Crippen LogP contribution in [0.25, 0.3) is 11.0 Å². The standard InChI is InChI=1S/C18H21NO4/c1-2-22-18(21)13-7-9-19(10-8-13)11-14-12-23-16-6-4-3-5-15(16)17(14)20/h3-6,12-13H,2,7-11H2,1H3. The van der Waals surface area contributed by atoms with Crippen LogP contribution in [0.2, 0.25) is 0 Å². The van der Waals surface area contributed by atoms with Crippen LogP contribution in [0, 0.1) is 5.92 Å². The number of fused-ring (bicyclic) bond motifs is 1. The Labute approximate surface area is 134 Å². The van der Waals surface area contributed by atoms with E-state index in [0.717, 1.165) is 25.9 Å². The Morgan fingerprint density at radius 3 is 2.78 bits per heavy atom. The van der Waals surface area contributed by atoms with E-state index < -0.39 is 0 Å². The van der Waals surface area contributed by atoms with Gasteiger partial charge in [0.15, 0.2) is 5.43 Å². The Hall–Kier alpha value is -2.14. The number of benzene rings is 1. The topological polar surface area (TPSA) is 59.8 Å². The molecular formula is C18H21NO4. The molecule has 2 aromatic rings. The number of rotatable bonds is 4. The van der Waals surface area contributed by atoms with Gasteiger partial charge in [0, 0.05) is 12.1 Å². The molecule has 0 N–H and O–H groups in total. The lowest BCUT2D eigenvalue weighted by Crippen LogP contribution is -2.37. The highest BCUT2D eigenvalue weighted by Crippen LogP contribution is 2.20. The summed E-state index contributed by atoms with van der Waals surface area (Å²) < 4.78 is 10.6. The molecule has 5 heteroatoms. The number of para-hydroxylation sites is 1. The van der Waals surface area contributed by atoms with Gasteiger partial charge in [0.1, 0.15) is 5.58 Å². The van der Waals surface area contributed by atoms with Crippen molar-refractivity contribution in [1.82, 2.24) is 4.90 Å². The summed E-state index contributed by atoms with van der Waals surface area (Å²) in [5.41, 5.74) is 1.31. The van der Waals surface area contributed by atoms with Crippen LogP contribution in [-0.2, 0) is 16.1 Å². The molecule has 1 aliphatic rings. The second kappa shape index (κ2) is 6.96. The average molecular weight is 315 g/mol. The van der Waals surface area contributed by atoms with Gasteiger partial charge in [-0.05, 0) is 45.0 Å². The summed E-state index contributed by atoms with van der Waals surface area (Å²) in [4.78, 5) is 26.4. The fourth-order valence-corrected chi connectivity index (χ4v) is 3.05. The minimum atomic E-state index is -0.0997. The molecule has 23 heavy (non-hydrogen) atoms. The van der Waals surface area contributed by atoms with Gasteiger partial charge in [-0.3, -0.25) is 14.5 Å². The van der Waals surface area contributed by atoms with E-state index in [1.54, 1.807) is 18.4 Å². The average Bonchev–Trinajstić information content (AvgIpc) is 2.58. The molecule has 3 rings (SSSR count). The molecule has 1 fully saturated rings. The first-order chi connectivity index (χ1) is 11.2.